The maximum absolute atomic E-state index is 5.32. The molecular formula is C15H23N3O. The van der Waals surface area contributed by atoms with Gasteiger partial charge in [-0.15, -0.1) is 0 Å². The maximum Gasteiger partial charge on any atom is 0.120 e. The van der Waals surface area contributed by atoms with Crippen molar-refractivity contribution in [3.05, 3.63) is 24.3 Å². The van der Waals surface area contributed by atoms with Gasteiger partial charge in [-0.1, -0.05) is 6.07 Å². The van der Waals surface area contributed by atoms with Crippen LogP contribution in [-0.4, -0.2) is 57.3 Å². The maximum atomic E-state index is 5.32. The van der Waals surface area contributed by atoms with Crippen LogP contribution in [0.15, 0.2) is 24.3 Å². The van der Waals surface area contributed by atoms with Gasteiger partial charge in [-0.25, -0.2) is 0 Å². The number of benzene rings is 1. The van der Waals surface area contributed by atoms with Gasteiger partial charge >= 0.3 is 0 Å². The number of nitrogens with one attached hydrogen (secondary N) is 1. The van der Waals surface area contributed by atoms with Gasteiger partial charge in [0.25, 0.3) is 0 Å². The summed E-state index contributed by atoms with van der Waals surface area (Å²) in [6.07, 6.45) is 1.24. The summed E-state index contributed by atoms with van der Waals surface area (Å²) in [5, 5.41) is 3.37. The molecule has 0 spiro atoms. The van der Waals surface area contributed by atoms with E-state index in [2.05, 4.69) is 33.3 Å². The highest BCUT2D eigenvalue weighted by Crippen LogP contribution is 2.22. The van der Waals surface area contributed by atoms with E-state index in [1.165, 1.54) is 38.3 Å². The highest BCUT2D eigenvalue weighted by atomic mass is 16.5. The van der Waals surface area contributed by atoms with Gasteiger partial charge in [0.15, 0.2) is 0 Å². The highest BCUT2D eigenvalue weighted by Gasteiger charge is 2.26. The van der Waals surface area contributed by atoms with E-state index in [-0.39, 0.29) is 0 Å². The molecule has 1 N–H and O–H groups in total. The van der Waals surface area contributed by atoms with E-state index in [9.17, 15) is 0 Å². The van der Waals surface area contributed by atoms with Crippen LogP contribution >= 0.6 is 0 Å². The van der Waals surface area contributed by atoms with Gasteiger partial charge in [-0.2, -0.15) is 0 Å². The summed E-state index contributed by atoms with van der Waals surface area (Å²) in [4.78, 5) is 5.12. The van der Waals surface area contributed by atoms with Gasteiger partial charge < -0.3 is 15.0 Å². The van der Waals surface area contributed by atoms with Crippen molar-refractivity contribution in [2.45, 2.75) is 12.5 Å². The zero-order chi connectivity index (χ0) is 13.1. The normalized spacial score (nSPS) is 21.8. The van der Waals surface area contributed by atoms with Gasteiger partial charge in [0.2, 0.25) is 0 Å². The van der Waals surface area contributed by atoms with E-state index in [0.717, 1.165) is 24.9 Å². The van der Waals surface area contributed by atoms with Crippen LogP contribution in [0.1, 0.15) is 6.42 Å². The monoisotopic (exact) mass is 261 g/mol. The zero-order valence-corrected chi connectivity index (χ0v) is 11.6. The first-order valence-electron chi connectivity index (χ1n) is 7.20. The Morgan fingerprint density at radius 1 is 1.16 bits per heavy atom. The second kappa shape index (κ2) is 5.80. The molecule has 2 heterocycles. The van der Waals surface area contributed by atoms with Gasteiger partial charge in [-0.05, 0) is 18.6 Å². The molecule has 0 amide bonds. The fraction of sp³-hybridized carbons (Fsp3) is 0.600. The second-order valence-corrected chi connectivity index (χ2v) is 5.39. The molecule has 2 aliphatic rings. The number of ether oxygens (including phenoxy) is 1. The number of hydrogen-bond acceptors (Lipinski definition) is 4. The Balaban J connectivity index is 1.64. The summed E-state index contributed by atoms with van der Waals surface area (Å²) in [7, 11) is 1.73. The minimum Gasteiger partial charge on any atom is -0.497 e. The lowest BCUT2D eigenvalue weighted by molar-refractivity contribution is 0.155. The van der Waals surface area contributed by atoms with Crippen molar-refractivity contribution < 1.29 is 4.74 Å². The Morgan fingerprint density at radius 2 is 2.05 bits per heavy atom. The van der Waals surface area contributed by atoms with Crippen molar-refractivity contribution in [1.82, 2.24) is 10.2 Å². The standard InChI is InChI=1S/C15H23N3O/c1-19-15-5-2-4-13(10-15)17-6-3-7-18(9-8-17)14-11-16-12-14/h2,4-5,10,14,16H,3,6-9,11-12H2,1H3. The number of anilines is 1. The van der Waals surface area contributed by atoms with Gasteiger partial charge in [-0.3, -0.25) is 4.90 Å². The average molecular weight is 261 g/mol. The predicted molar refractivity (Wildman–Crippen MR) is 78.1 cm³/mol. The van der Waals surface area contributed by atoms with E-state index < -0.39 is 0 Å². The lowest BCUT2D eigenvalue weighted by Crippen LogP contribution is -2.57. The Kier molecular flexibility index (Phi) is 3.89. The van der Waals surface area contributed by atoms with Gasteiger partial charge in [0, 0.05) is 57.1 Å². The molecule has 0 aliphatic carbocycles. The van der Waals surface area contributed by atoms with Crippen molar-refractivity contribution in [2.24, 2.45) is 0 Å². The molecule has 1 aromatic carbocycles. The van der Waals surface area contributed by atoms with Crippen molar-refractivity contribution in [3.63, 3.8) is 0 Å². The van der Waals surface area contributed by atoms with Crippen molar-refractivity contribution in [3.8, 4) is 5.75 Å². The third-order valence-corrected chi connectivity index (χ3v) is 4.23. The largest absolute Gasteiger partial charge is 0.497 e. The second-order valence-electron chi connectivity index (χ2n) is 5.39. The molecule has 0 radical (unpaired) electrons. The Hall–Kier alpha value is -1.26. The van der Waals surface area contributed by atoms with Gasteiger partial charge in [0.05, 0.1) is 7.11 Å². The first-order valence-corrected chi connectivity index (χ1v) is 7.20. The first kappa shape index (κ1) is 12.8. The molecule has 0 atom stereocenters. The molecule has 2 aliphatic heterocycles. The zero-order valence-electron chi connectivity index (χ0n) is 11.6. The molecule has 4 nitrogen and oxygen atoms in total. The van der Waals surface area contributed by atoms with E-state index in [1.54, 1.807) is 7.11 Å². The SMILES string of the molecule is COc1cccc(N2CCCN(C3CNC3)CC2)c1. The van der Waals surface area contributed by atoms with Crippen LogP contribution in [0.3, 0.4) is 0 Å². The summed E-state index contributed by atoms with van der Waals surface area (Å²) in [6.45, 7) is 6.99. The van der Waals surface area contributed by atoms with Crippen molar-refractivity contribution >= 4 is 5.69 Å². The topological polar surface area (TPSA) is 27.7 Å². The van der Waals surface area contributed by atoms with Crippen LogP contribution in [-0.2, 0) is 0 Å². The number of nitrogens with zero attached hydrogens (tertiary/aromatic N) is 2. The third-order valence-electron chi connectivity index (χ3n) is 4.23. The van der Waals surface area contributed by atoms with E-state index in [1.807, 2.05) is 6.07 Å². The molecule has 19 heavy (non-hydrogen) atoms. The van der Waals surface area contributed by atoms with E-state index in [0.29, 0.717) is 0 Å². The van der Waals surface area contributed by atoms with Crippen LogP contribution in [0.2, 0.25) is 0 Å². The third kappa shape index (κ3) is 2.85. The van der Waals surface area contributed by atoms with Crippen molar-refractivity contribution in [1.29, 1.82) is 0 Å². The molecule has 2 saturated heterocycles. The lowest BCUT2D eigenvalue weighted by atomic mass is 10.1. The fourth-order valence-corrected chi connectivity index (χ4v) is 2.90. The molecular weight excluding hydrogens is 238 g/mol. The Bertz CT molecular complexity index is 420. The Labute approximate surface area is 115 Å². The summed E-state index contributed by atoms with van der Waals surface area (Å²) >= 11 is 0. The van der Waals surface area contributed by atoms with E-state index in [4.69, 9.17) is 4.74 Å². The van der Waals surface area contributed by atoms with Crippen LogP contribution in [0.25, 0.3) is 0 Å². The quantitative estimate of drug-likeness (QED) is 0.884. The molecule has 0 aromatic heterocycles. The first-order chi connectivity index (χ1) is 9.36. The molecule has 2 fully saturated rings. The fourth-order valence-electron chi connectivity index (χ4n) is 2.90. The highest BCUT2D eigenvalue weighted by molar-refractivity contribution is 5.50. The molecule has 0 saturated carbocycles. The molecule has 4 heteroatoms. The molecule has 3 rings (SSSR count). The predicted octanol–water partition coefficient (Wildman–Crippen LogP) is 1.18. The van der Waals surface area contributed by atoms with Crippen LogP contribution < -0.4 is 15.0 Å². The molecule has 0 unspecified atom stereocenters. The average Bonchev–Trinajstić information content (AvgIpc) is 2.63. The number of hydrogen-bond donors (Lipinski definition) is 1. The minimum absolute atomic E-state index is 0.769. The summed E-state index contributed by atoms with van der Waals surface area (Å²) in [6, 6.07) is 9.18. The van der Waals surface area contributed by atoms with Crippen LogP contribution in [0.4, 0.5) is 5.69 Å². The van der Waals surface area contributed by atoms with E-state index >= 15 is 0 Å². The molecule has 1 aromatic rings. The number of rotatable bonds is 3. The summed E-state index contributed by atoms with van der Waals surface area (Å²) < 4.78 is 5.32. The molecule has 104 valence electrons. The molecule has 0 bridgehead atoms. The number of methoxy groups -OCH3 is 1. The van der Waals surface area contributed by atoms with Crippen LogP contribution in [0.5, 0.6) is 5.75 Å². The van der Waals surface area contributed by atoms with Crippen molar-refractivity contribution in [2.75, 3.05) is 51.3 Å². The smallest absolute Gasteiger partial charge is 0.120 e. The Morgan fingerprint density at radius 3 is 2.79 bits per heavy atom. The lowest BCUT2D eigenvalue weighted by Gasteiger charge is -2.37. The van der Waals surface area contributed by atoms with Crippen LogP contribution in [0, 0.1) is 0 Å². The van der Waals surface area contributed by atoms with Gasteiger partial charge in [0.1, 0.15) is 5.75 Å². The summed E-state index contributed by atoms with van der Waals surface area (Å²) in [5.74, 6) is 0.946. The minimum atomic E-state index is 0.769. The summed E-state index contributed by atoms with van der Waals surface area (Å²) in [5.41, 5.74) is 1.29.